The summed E-state index contributed by atoms with van der Waals surface area (Å²) in [6, 6.07) is 0.287. The molecule has 2 aromatic heterocycles. The Kier molecular flexibility index (Phi) is 4.72. The van der Waals surface area contributed by atoms with Gasteiger partial charge >= 0.3 is 6.01 Å². The highest BCUT2D eigenvalue weighted by molar-refractivity contribution is 5.49. The Hall–Kier alpha value is -2.18. The molecule has 114 valence electrons. The van der Waals surface area contributed by atoms with Gasteiger partial charge in [0, 0.05) is 19.5 Å². The normalized spacial score (nSPS) is 11.0. The lowest BCUT2D eigenvalue weighted by atomic mass is 10.2. The Balaban J connectivity index is 2.35. The second kappa shape index (κ2) is 6.51. The summed E-state index contributed by atoms with van der Waals surface area (Å²) in [7, 11) is 1.79. The standard InChI is InChI=1S/C14H22N6O/c1-6-7-15-12-10(4)13(18-11(17-12)9(2)3)21-14-16-8-20(5)19-14/h8-9H,6-7H2,1-5H3,(H,15,17,18). The number of rotatable bonds is 6. The minimum absolute atomic E-state index is 0.215. The number of aromatic nitrogens is 5. The average Bonchev–Trinajstić information content (AvgIpc) is 2.84. The third-order valence-corrected chi connectivity index (χ3v) is 2.94. The number of nitrogens with zero attached hydrogens (tertiary/aromatic N) is 5. The zero-order valence-corrected chi connectivity index (χ0v) is 13.2. The molecule has 0 amide bonds. The molecule has 0 aliphatic rings. The molecule has 2 heterocycles. The van der Waals surface area contributed by atoms with E-state index in [0.29, 0.717) is 5.88 Å². The van der Waals surface area contributed by atoms with Crippen LogP contribution < -0.4 is 10.1 Å². The molecule has 0 radical (unpaired) electrons. The number of hydrogen-bond acceptors (Lipinski definition) is 6. The van der Waals surface area contributed by atoms with Crippen LogP contribution in [0.15, 0.2) is 6.33 Å². The highest BCUT2D eigenvalue weighted by Crippen LogP contribution is 2.27. The van der Waals surface area contributed by atoms with Crippen LogP contribution in [0, 0.1) is 6.92 Å². The Morgan fingerprint density at radius 2 is 2.10 bits per heavy atom. The Morgan fingerprint density at radius 1 is 1.33 bits per heavy atom. The zero-order valence-electron chi connectivity index (χ0n) is 13.2. The van der Waals surface area contributed by atoms with Gasteiger partial charge in [0.2, 0.25) is 5.88 Å². The highest BCUT2D eigenvalue weighted by Gasteiger charge is 2.16. The molecule has 0 aromatic carbocycles. The molecule has 2 rings (SSSR count). The molecule has 0 atom stereocenters. The minimum Gasteiger partial charge on any atom is -0.404 e. The van der Waals surface area contributed by atoms with Crippen molar-refractivity contribution in [2.45, 2.75) is 40.0 Å². The molecular formula is C14H22N6O. The molecule has 0 fully saturated rings. The molecule has 1 N–H and O–H groups in total. The van der Waals surface area contributed by atoms with Crippen LogP contribution in [0.5, 0.6) is 11.9 Å². The average molecular weight is 290 g/mol. The molecule has 2 aromatic rings. The van der Waals surface area contributed by atoms with E-state index in [1.807, 2.05) is 6.92 Å². The van der Waals surface area contributed by atoms with Crippen molar-refractivity contribution in [3.05, 3.63) is 17.7 Å². The summed E-state index contributed by atoms with van der Waals surface area (Å²) >= 11 is 0. The summed E-state index contributed by atoms with van der Waals surface area (Å²) < 4.78 is 7.30. The van der Waals surface area contributed by atoms with Crippen molar-refractivity contribution in [3.63, 3.8) is 0 Å². The predicted molar refractivity (Wildman–Crippen MR) is 80.7 cm³/mol. The maximum absolute atomic E-state index is 5.71. The summed E-state index contributed by atoms with van der Waals surface area (Å²) in [4.78, 5) is 13.1. The van der Waals surface area contributed by atoms with Crippen LogP contribution in [0.2, 0.25) is 0 Å². The third kappa shape index (κ3) is 3.68. The van der Waals surface area contributed by atoms with Crippen LogP contribution in [-0.2, 0) is 7.05 Å². The summed E-state index contributed by atoms with van der Waals surface area (Å²) in [6.45, 7) is 9.01. The van der Waals surface area contributed by atoms with Gasteiger partial charge in [-0.2, -0.15) is 9.97 Å². The van der Waals surface area contributed by atoms with E-state index in [-0.39, 0.29) is 11.9 Å². The fraction of sp³-hybridized carbons (Fsp3) is 0.571. The maximum Gasteiger partial charge on any atom is 0.342 e. The quantitative estimate of drug-likeness (QED) is 0.881. The Morgan fingerprint density at radius 3 is 2.67 bits per heavy atom. The van der Waals surface area contributed by atoms with E-state index in [2.05, 4.69) is 46.1 Å². The van der Waals surface area contributed by atoms with E-state index in [4.69, 9.17) is 4.74 Å². The first-order valence-corrected chi connectivity index (χ1v) is 7.17. The van der Waals surface area contributed by atoms with Crippen molar-refractivity contribution in [1.82, 2.24) is 24.7 Å². The SMILES string of the molecule is CCCNc1nc(C(C)C)nc(Oc2ncn(C)n2)c1C. The van der Waals surface area contributed by atoms with E-state index in [1.54, 1.807) is 18.1 Å². The maximum atomic E-state index is 5.71. The monoisotopic (exact) mass is 290 g/mol. The summed E-state index contributed by atoms with van der Waals surface area (Å²) in [5.74, 6) is 2.26. The van der Waals surface area contributed by atoms with E-state index in [0.717, 1.165) is 30.2 Å². The van der Waals surface area contributed by atoms with Crippen LogP contribution in [0.3, 0.4) is 0 Å². The number of ether oxygens (including phenoxy) is 1. The summed E-state index contributed by atoms with van der Waals surface area (Å²) in [5.41, 5.74) is 0.861. The minimum atomic E-state index is 0.215. The van der Waals surface area contributed by atoms with Crippen LogP contribution in [0.25, 0.3) is 0 Å². The van der Waals surface area contributed by atoms with Crippen molar-refractivity contribution in [3.8, 4) is 11.9 Å². The number of nitrogens with one attached hydrogen (secondary N) is 1. The fourth-order valence-electron chi connectivity index (χ4n) is 1.74. The molecule has 7 heteroatoms. The first-order valence-electron chi connectivity index (χ1n) is 7.17. The van der Waals surface area contributed by atoms with Gasteiger partial charge in [-0.25, -0.2) is 4.98 Å². The van der Waals surface area contributed by atoms with Crippen molar-refractivity contribution in [2.24, 2.45) is 7.05 Å². The Labute approximate surface area is 124 Å². The largest absolute Gasteiger partial charge is 0.404 e. The van der Waals surface area contributed by atoms with Crippen LogP contribution in [0.4, 0.5) is 5.82 Å². The lowest BCUT2D eigenvalue weighted by Gasteiger charge is -2.14. The lowest BCUT2D eigenvalue weighted by Crippen LogP contribution is -2.10. The topological polar surface area (TPSA) is 77.8 Å². The molecule has 0 spiro atoms. The van der Waals surface area contributed by atoms with Crippen molar-refractivity contribution in [2.75, 3.05) is 11.9 Å². The van der Waals surface area contributed by atoms with Gasteiger partial charge in [-0.3, -0.25) is 4.68 Å². The Bertz CT molecular complexity index is 608. The smallest absolute Gasteiger partial charge is 0.342 e. The first kappa shape index (κ1) is 15.2. The van der Waals surface area contributed by atoms with Crippen LogP contribution in [-0.4, -0.2) is 31.3 Å². The number of hydrogen-bond donors (Lipinski definition) is 1. The molecule has 0 bridgehead atoms. The molecule has 7 nitrogen and oxygen atoms in total. The van der Waals surface area contributed by atoms with Crippen molar-refractivity contribution < 1.29 is 4.74 Å². The molecule has 21 heavy (non-hydrogen) atoms. The molecule has 0 saturated heterocycles. The first-order chi connectivity index (χ1) is 10.0. The molecule has 0 unspecified atom stereocenters. The van der Waals surface area contributed by atoms with Gasteiger partial charge in [-0.15, -0.1) is 5.10 Å². The van der Waals surface area contributed by atoms with E-state index in [9.17, 15) is 0 Å². The van der Waals surface area contributed by atoms with E-state index < -0.39 is 0 Å². The van der Waals surface area contributed by atoms with Crippen LogP contribution >= 0.6 is 0 Å². The van der Waals surface area contributed by atoms with Gasteiger partial charge in [0.05, 0.1) is 5.56 Å². The zero-order chi connectivity index (χ0) is 15.4. The molecule has 0 aliphatic heterocycles. The lowest BCUT2D eigenvalue weighted by molar-refractivity contribution is 0.415. The highest BCUT2D eigenvalue weighted by atomic mass is 16.5. The van der Waals surface area contributed by atoms with Gasteiger partial charge < -0.3 is 10.1 Å². The van der Waals surface area contributed by atoms with Gasteiger partial charge in [0.15, 0.2) is 0 Å². The second-order valence-corrected chi connectivity index (χ2v) is 5.24. The van der Waals surface area contributed by atoms with Crippen molar-refractivity contribution >= 4 is 5.82 Å². The van der Waals surface area contributed by atoms with Crippen molar-refractivity contribution in [1.29, 1.82) is 0 Å². The van der Waals surface area contributed by atoms with E-state index >= 15 is 0 Å². The summed E-state index contributed by atoms with van der Waals surface area (Å²) in [6.07, 6.45) is 2.61. The van der Waals surface area contributed by atoms with Gasteiger partial charge in [0.25, 0.3) is 0 Å². The van der Waals surface area contributed by atoms with Gasteiger partial charge in [0.1, 0.15) is 18.0 Å². The van der Waals surface area contributed by atoms with Crippen LogP contribution in [0.1, 0.15) is 44.5 Å². The number of anilines is 1. The number of aryl methyl sites for hydroxylation is 1. The van der Waals surface area contributed by atoms with Gasteiger partial charge in [-0.1, -0.05) is 20.8 Å². The molecular weight excluding hydrogens is 268 g/mol. The summed E-state index contributed by atoms with van der Waals surface area (Å²) in [5, 5.41) is 7.43. The predicted octanol–water partition coefficient (Wildman–Crippen LogP) is 2.65. The third-order valence-electron chi connectivity index (χ3n) is 2.94. The van der Waals surface area contributed by atoms with E-state index in [1.165, 1.54) is 0 Å². The van der Waals surface area contributed by atoms with Gasteiger partial charge in [-0.05, 0) is 13.3 Å². The molecule has 0 saturated carbocycles. The second-order valence-electron chi connectivity index (χ2n) is 5.24. The molecule has 0 aliphatic carbocycles. The fourth-order valence-corrected chi connectivity index (χ4v) is 1.74.